The lowest BCUT2D eigenvalue weighted by molar-refractivity contribution is -0.164. The highest BCUT2D eigenvalue weighted by molar-refractivity contribution is 6.30. The highest BCUT2D eigenvalue weighted by atomic mass is 35.5. The van der Waals surface area contributed by atoms with Gasteiger partial charge < -0.3 is 14.5 Å². The lowest BCUT2D eigenvalue weighted by Crippen LogP contribution is -2.75. The molecule has 2 aromatic carbocycles. The van der Waals surface area contributed by atoms with Crippen molar-refractivity contribution in [2.45, 2.75) is 38.1 Å². The number of nitrogens with one attached hydrogen (secondary N) is 1. The molecular formula is C25H21ClF2N2O4. The number of ketones is 1. The summed E-state index contributed by atoms with van der Waals surface area (Å²) in [7, 11) is 0. The van der Waals surface area contributed by atoms with Crippen LogP contribution in [0.25, 0.3) is 11.5 Å². The lowest BCUT2D eigenvalue weighted by Gasteiger charge is -2.70. The number of aromatic nitrogens is 1. The van der Waals surface area contributed by atoms with Crippen LogP contribution in [0.1, 0.15) is 41.8 Å². The van der Waals surface area contributed by atoms with Gasteiger partial charge in [0.1, 0.15) is 17.4 Å². The number of oxazole rings is 1. The molecule has 1 aromatic heterocycles. The zero-order valence-corrected chi connectivity index (χ0v) is 19.0. The Morgan fingerprint density at radius 2 is 1.91 bits per heavy atom. The SMILES string of the molecule is Cc1ccc(-c2ncc(C(=O)CC34CC(NC(=O)COc5ccc(Cl)c(F)c5)(C3)C4)o2)cc1F. The summed E-state index contributed by atoms with van der Waals surface area (Å²) in [6.07, 6.45) is 3.74. The standard InChI is InChI=1S/C25H21ClF2N2O4/c1-14-2-3-15(6-18(14)27)23-29-9-21(34-23)20(31)8-24-11-25(12-24,13-24)30-22(32)10-33-16-4-5-17(26)19(28)7-16/h2-7,9H,8,10-13H2,1H3,(H,30,32). The Balaban J connectivity index is 1.11. The van der Waals surface area contributed by atoms with Gasteiger partial charge in [-0.25, -0.2) is 13.8 Å². The van der Waals surface area contributed by atoms with Gasteiger partial charge in [0.15, 0.2) is 18.2 Å². The Morgan fingerprint density at radius 3 is 2.62 bits per heavy atom. The number of carbonyl (C=O) groups excluding carboxylic acids is 2. The van der Waals surface area contributed by atoms with E-state index in [4.69, 9.17) is 20.8 Å². The molecule has 0 atom stereocenters. The Morgan fingerprint density at radius 1 is 1.15 bits per heavy atom. The molecule has 3 aliphatic carbocycles. The summed E-state index contributed by atoms with van der Waals surface area (Å²) >= 11 is 5.63. The van der Waals surface area contributed by atoms with Crippen molar-refractivity contribution in [1.29, 1.82) is 0 Å². The Bertz CT molecular complexity index is 1290. The average molecular weight is 487 g/mol. The third-order valence-corrected chi connectivity index (χ3v) is 6.85. The molecule has 176 valence electrons. The number of benzene rings is 2. The van der Waals surface area contributed by atoms with Crippen molar-refractivity contribution >= 4 is 23.3 Å². The number of ether oxygens (including phenoxy) is 1. The molecule has 2 bridgehead atoms. The van der Waals surface area contributed by atoms with Crippen LogP contribution in [0.3, 0.4) is 0 Å². The summed E-state index contributed by atoms with van der Waals surface area (Å²) < 4.78 is 38.2. The van der Waals surface area contributed by atoms with E-state index in [1.165, 1.54) is 24.4 Å². The number of aryl methyl sites for hydroxylation is 1. The number of carbonyl (C=O) groups is 2. The van der Waals surface area contributed by atoms with E-state index < -0.39 is 5.82 Å². The molecular weight excluding hydrogens is 466 g/mol. The van der Waals surface area contributed by atoms with Gasteiger partial charge in [0.2, 0.25) is 5.89 Å². The predicted octanol–water partition coefficient (Wildman–Crippen LogP) is 5.27. The van der Waals surface area contributed by atoms with Gasteiger partial charge in [-0.1, -0.05) is 17.7 Å². The normalized spacial score (nSPS) is 22.5. The highest BCUT2D eigenvalue weighted by Crippen LogP contribution is 2.69. The highest BCUT2D eigenvalue weighted by Gasteiger charge is 2.68. The fourth-order valence-corrected chi connectivity index (χ4v) is 5.17. The van der Waals surface area contributed by atoms with Crippen LogP contribution in [0, 0.1) is 24.0 Å². The number of hydrogen-bond donors (Lipinski definition) is 1. The minimum absolute atomic E-state index is 0.0175. The van der Waals surface area contributed by atoms with E-state index in [9.17, 15) is 18.4 Å². The Hall–Kier alpha value is -3.26. The van der Waals surface area contributed by atoms with Crippen LogP contribution in [0.15, 0.2) is 47.0 Å². The van der Waals surface area contributed by atoms with E-state index in [1.807, 2.05) is 0 Å². The molecule has 3 aliphatic rings. The maximum atomic E-state index is 13.8. The lowest BCUT2D eigenvalue weighted by atomic mass is 9.38. The summed E-state index contributed by atoms with van der Waals surface area (Å²) in [6, 6.07) is 8.63. The fourth-order valence-electron chi connectivity index (χ4n) is 5.06. The van der Waals surface area contributed by atoms with Crippen LogP contribution in [-0.4, -0.2) is 28.8 Å². The first-order chi connectivity index (χ1) is 16.2. The van der Waals surface area contributed by atoms with Crippen LogP contribution in [0.5, 0.6) is 5.75 Å². The van der Waals surface area contributed by atoms with E-state index in [2.05, 4.69) is 10.3 Å². The molecule has 3 fully saturated rings. The molecule has 34 heavy (non-hydrogen) atoms. The molecule has 1 amide bonds. The smallest absolute Gasteiger partial charge is 0.258 e. The molecule has 1 N–H and O–H groups in total. The maximum Gasteiger partial charge on any atom is 0.258 e. The fraction of sp³-hybridized carbons (Fsp3) is 0.320. The summed E-state index contributed by atoms with van der Waals surface area (Å²) in [5.41, 5.74) is 0.505. The zero-order chi connectivity index (χ0) is 24.1. The largest absolute Gasteiger partial charge is 0.484 e. The van der Waals surface area contributed by atoms with Crippen molar-refractivity contribution in [3.8, 4) is 17.2 Å². The van der Waals surface area contributed by atoms with E-state index in [0.29, 0.717) is 36.8 Å². The van der Waals surface area contributed by atoms with Crippen LogP contribution in [0.2, 0.25) is 5.02 Å². The van der Waals surface area contributed by atoms with Crippen molar-refractivity contribution in [1.82, 2.24) is 10.3 Å². The van der Waals surface area contributed by atoms with Crippen LogP contribution >= 0.6 is 11.6 Å². The summed E-state index contributed by atoms with van der Waals surface area (Å²) in [4.78, 5) is 29.1. The van der Waals surface area contributed by atoms with Crippen molar-refractivity contribution < 1.29 is 27.5 Å². The summed E-state index contributed by atoms with van der Waals surface area (Å²) in [5.74, 6) is -0.895. The van der Waals surface area contributed by atoms with Gasteiger partial charge in [0, 0.05) is 23.6 Å². The summed E-state index contributed by atoms with van der Waals surface area (Å²) in [5, 5.41) is 2.94. The first-order valence-corrected chi connectivity index (χ1v) is 11.2. The average Bonchev–Trinajstić information content (AvgIpc) is 3.24. The number of hydrogen-bond acceptors (Lipinski definition) is 5. The quantitative estimate of drug-likeness (QED) is 0.438. The molecule has 6 rings (SSSR count). The summed E-state index contributed by atoms with van der Waals surface area (Å²) in [6.45, 7) is 1.42. The Labute approximate surface area is 199 Å². The van der Waals surface area contributed by atoms with Crippen molar-refractivity contribution in [2.75, 3.05) is 6.61 Å². The predicted molar refractivity (Wildman–Crippen MR) is 120 cm³/mol. The zero-order valence-electron chi connectivity index (χ0n) is 18.3. The molecule has 0 spiro atoms. The second-order valence-electron chi connectivity index (χ2n) is 9.32. The number of nitrogens with zero attached hydrogens (tertiary/aromatic N) is 1. The monoisotopic (exact) mass is 486 g/mol. The number of halogens is 3. The third-order valence-electron chi connectivity index (χ3n) is 6.54. The molecule has 1 heterocycles. The molecule has 0 unspecified atom stereocenters. The minimum Gasteiger partial charge on any atom is -0.484 e. The molecule has 0 saturated heterocycles. The molecule has 6 nitrogen and oxygen atoms in total. The van der Waals surface area contributed by atoms with Gasteiger partial charge in [0.05, 0.1) is 11.2 Å². The van der Waals surface area contributed by atoms with Gasteiger partial charge in [-0.15, -0.1) is 0 Å². The van der Waals surface area contributed by atoms with E-state index in [-0.39, 0.29) is 57.5 Å². The number of rotatable bonds is 8. The van der Waals surface area contributed by atoms with Crippen LogP contribution < -0.4 is 10.1 Å². The topological polar surface area (TPSA) is 81.4 Å². The number of Topliss-reactive ketones (excluding diaryl/α,β-unsaturated/α-hetero) is 1. The molecule has 0 radical (unpaired) electrons. The van der Waals surface area contributed by atoms with Gasteiger partial charge in [0.25, 0.3) is 5.91 Å². The molecule has 3 saturated carbocycles. The molecule has 9 heteroatoms. The van der Waals surface area contributed by atoms with Gasteiger partial charge >= 0.3 is 0 Å². The Kier molecular flexibility index (Phi) is 5.43. The van der Waals surface area contributed by atoms with Crippen LogP contribution in [0.4, 0.5) is 8.78 Å². The van der Waals surface area contributed by atoms with E-state index in [0.717, 1.165) is 6.07 Å². The maximum absolute atomic E-state index is 13.8. The van der Waals surface area contributed by atoms with E-state index >= 15 is 0 Å². The first kappa shape index (κ1) is 22.5. The minimum atomic E-state index is -0.615. The molecule has 3 aromatic rings. The molecule has 0 aliphatic heterocycles. The van der Waals surface area contributed by atoms with Crippen molar-refractivity contribution in [2.24, 2.45) is 5.41 Å². The van der Waals surface area contributed by atoms with Gasteiger partial charge in [-0.2, -0.15) is 0 Å². The van der Waals surface area contributed by atoms with Crippen LogP contribution in [-0.2, 0) is 4.79 Å². The number of amides is 1. The second-order valence-corrected chi connectivity index (χ2v) is 9.72. The van der Waals surface area contributed by atoms with Crippen molar-refractivity contribution in [3.05, 3.63) is 70.6 Å². The van der Waals surface area contributed by atoms with Gasteiger partial charge in [-0.05, 0) is 61.4 Å². The second kappa shape index (κ2) is 8.20. The van der Waals surface area contributed by atoms with Crippen molar-refractivity contribution in [3.63, 3.8) is 0 Å². The third kappa shape index (κ3) is 4.18. The van der Waals surface area contributed by atoms with Gasteiger partial charge in [-0.3, -0.25) is 9.59 Å². The van der Waals surface area contributed by atoms with E-state index in [1.54, 1.807) is 19.1 Å². The first-order valence-electron chi connectivity index (χ1n) is 10.8.